The van der Waals surface area contributed by atoms with Gasteiger partial charge in [-0.2, -0.15) is 0 Å². The Morgan fingerprint density at radius 1 is 1.07 bits per heavy atom. The minimum atomic E-state index is -0.332. The molecule has 150 valence electrons. The van der Waals surface area contributed by atoms with E-state index >= 15 is 0 Å². The summed E-state index contributed by atoms with van der Waals surface area (Å²) in [6, 6.07) is 13.4. The molecule has 0 radical (unpaired) electrons. The van der Waals surface area contributed by atoms with E-state index in [0.29, 0.717) is 11.4 Å². The third kappa shape index (κ3) is 3.14. The summed E-state index contributed by atoms with van der Waals surface area (Å²) in [5.74, 6) is 0.853. The molecule has 6 atom stereocenters. The summed E-state index contributed by atoms with van der Waals surface area (Å²) in [7, 11) is 0. The Morgan fingerprint density at radius 3 is 2.45 bits per heavy atom. The predicted molar refractivity (Wildman–Crippen MR) is 112 cm³/mol. The third-order valence-electron chi connectivity index (χ3n) is 6.38. The van der Waals surface area contributed by atoms with E-state index in [1.807, 2.05) is 50.2 Å². The Labute approximate surface area is 177 Å². The number of esters is 1. The maximum absolute atomic E-state index is 13.0. The molecule has 2 saturated carbocycles. The lowest BCUT2D eigenvalue weighted by Gasteiger charge is -2.27. The second-order valence-corrected chi connectivity index (χ2v) is 9.46. The number of hydrogen-bond acceptors (Lipinski definition) is 4. The standard InChI is InChI=1S/C23H22BrNO4/c1-11-7-12(2)9-15(8-11)28-14-5-3-13(4-6-14)25-22(26)18-16-10-17-19(18)23(27)29-21(17)20(16)24/h3-9,16-21H,10H2,1-2H3,(H,25,26)/t16-,17-,18-,19-,20+,21+/m1/s1. The number of carbonyl (C=O) groups is 2. The molecule has 0 spiro atoms. The fourth-order valence-electron chi connectivity index (χ4n) is 5.29. The molecule has 1 heterocycles. The number of rotatable bonds is 4. The SMILES string of the molecule is Cc1cc(C)cc(Oc2ccc(NC(=O)[C@@H]3[C@H]4C[C@H]5[C@H](OC(=O)[C@H]53)[C@H]4Br)cc2)c1. The highest BCUT2D eigenvalue weighted by Crippen LogP contribution is 2.60. The zero-order chi connectivity index (χ0) is 20.3. The van der Waals surface area contributed by atoms with Crippen molar-refractivity contribution in [2.24, 2.45) is 23.7 Å². The third-order valence-corrected chi connectivity index (χ3v) is 7.58. The number of halogens is 1. The number of hydrogen-bond donors (Lipinski definition) is 1. The Hall–Kier alpha value is -2.34. The fourth-order valence-corrected chi connectivity index (χ4v) is 6.33. The van der Waals surface area contributed by atoms with Crippen LogP contribution in [0.2, 0.25) is 0 Å². The molecule has 3 aliphatic rings. The van der Waals surface area contributed by atoms with Gasteiger partial charge in [0.1, 0.15) is 17.6 Å². The monoisotopic (exact) mass is 455 g/mol. The van der Waals surface area contributed by atoms with Crippen LogP contribution in [0.25, 0.3) is 0 Å². The lowest BCUT2D eigenvalue weighted by Crippen LogP contribution is -2.40. The summed E-state index contributed by atoms with van der Waals surface area (Å²) in [4.78, 5) is 25.3. The number of fused-ring (bicyclic) bond motifs is 1. The minimum Gasteiger partial charge on any atom is -0.461 e. The van der Waals surface area contributed by atoms with Crippen molar-refractivity contribution < 1.29 is 19.1 Å². The number of alkyl halides is 1. The van der Waals surface area contributed by atoms with E-state index < -0.39 is 0 Å². The molecule has 2 aliphatic carbocycles. The van der Waals surface area contributed by atoms with Crippen molar-refractivity contribution in [2.45, 2.75) is 31.2 Å². The van der Waals surface area contributed by atoms with Crippen molar-refractivity contribution >= 4 is 33.5 Å². The van der Waals surface area contributed by atoms with Gasteiger partial charge in [0.05, 0.1) is 16.7 Å². The summed E-state index contributed by atoms with van der Waals surface area (Å²) in [5, 5.41) is 2.98. The van der Waals surface area contributed by atoms with E-state index in [0.717, 1.165) is 23.3 Å². The zero-order valence-electron chi connectivity index (χ0n) is 16.2. The van der Waals surface area contributed by atoms with Gasteiger partial charge in [-0.25, -0.2) is 0 Å². The number of carbonyl (C=O) groups excluding carboxylic acids is 2. The Kier molecular flexibility index (Phi) is 4.42. The summed E-state index contributed by atoms with van der Waals surface area (Å²) in [6.45, 7) is 4.07. The maximum Gasteiger partial charge on any atom is 0.310 e. The number of aryl methyl sites for hydroxylation is 2. The summed E-state index contributed by atoms with van der Waals surface area (Å²) < 4.78 is 11.4. The molecule has 2 bridgehead atoms. The van der Waals surface area contributed by atoms with Gasteiger partial charge in [0.25, 0.3) is 0 Å². The smallest absolute Gasteiger partial charge is 0.310 e. The van der Waals surface area contributed by atoms with Gasteiger partial charge in [0, 0.05) is 11.6 Å². The Morgan fingerprint density at radius 2 is 1.76 bits per heavy atom. The molecule has 29 heavy (non-hydrogen) atoms. The number of amides is 1. The topological polar surface area (TPSA) is 64.6 Å². The van der Waals surface area contributed by atoms with Crippen LogP contribution in [0.1, 0.15) is 17.5 Å². The average Bonchev–Trinajstić information content (AvgIpc) is 3.27. The first kappa shape index (κ1) is 18.7. The summed E-state index contributed by atoms with van der Waals surface area (Å²) >= 11 is 3.65. The van der Waals surface area contributed by atoms with Gasteiger partial charge in [-0.1, -0.05) is 22.0 Å². The highest BCUT2D eigenvalue weighted by Gasteiger charge is 2.67. The van der Waals surface area contributed by atoms with Crippen LogP contribution in [0.15, 0.2) is 42.5 Å². The fraction of sp³-hybridized carbons (Fsp3) is 0.391. The Bertz CT molecular complexity index is 969. The van der Waals surface area contributed by atoms with E-state index in [1.54, 1.807) is 0 Å². The van der Waals surface area contributed by atoms with Crippen LogP contribution in [0.4, 0.5) is 5.69 Å². The summed E-state index contributed by atoms with van der Waals surface area (Å²) in [6.07, 6.45) is 0.806. The van der Waals surface area contributed by atoms with Crippen LogP contribution < -0.4 is 10.1 Å². The van der Waals surface area contributed by atoms with Gasteiger partial charge < -0.3 is 14.8 Å². The van der Waals surface area contributed by atoms with E-state index in [2.05, 4.69) is 27.3 Å². The molecular weight excluding hydrogens is 434 g/mol. The van der Waals surface area contributed by atoms with E-state index in [1.165, 1.54) is 0 Å². The molecule has 2 aromatic carbocycles. The molecule has 5 rings (SSSR count). The van der Waals surface area contributed by atoms with Crippen molar-refractivity contribution in [1.29, 1.82) is 0 Å². The van der Waals surface area contributed by atoms with Crippen molar-refractivity contribution in [1.82, 2.24) is 0 Å². The molecule has 0 aromatic heterocycles. The van der Waals surface area contributed by atoms with Crippen LogP contribution in [-0.2, 0) is 14.3 Å². The minimum absolute atomic E-state index is 0.0664. The largest absolute Gasteiger partial charge is 0.461 e. The van der Waals surface area contributed by atoms with Crippen LogP contribution in [0.3, 0.4) is 0 Å². The van der Waals surface area contributed by atoms with E-state index in [-0.39, 0.29) is 46.5 Å². The average molecular weight is 456 g/mol. The Balaban J connectivity index is 1.28. The van der Waals surface area contributed by atoms with Crippen LogP contribution in [0.5, 0.6) is 11.5 Å². The molecule has 2 aromatic rings. The maximum atomic E-state index is 13.0. The first-order valence-corrected chi connectivity index (χ1v) is 10.8. The molecule has 0 unspecified atom stereocenters. The first-order chi connectivity index (χ1) is 13.9. The van der Waals surface area contributed by atoms with Crippen LogP contribution in [-0.4, -0.2) is 22.8 Å². The lowest BCUT2D eigenvalue weighted by molar-refractivity contribution is -0.145. The predicted octanol–water partition coefficient (Wildman–Crippen LogP) is 4.61. The number of anilines is 1. The second kappa shape index (κ2) is 6.87. The summed E-state index contributed by atoms with van der Waals surface area (Å²) in [5.41, 5.74) is 2.99. The number of ether oxygens (including phenoxy) is 2. The first-order valence-electron chi connectivity index (χ1n) is 9.92. The van der Waals surface area contributed by atoms with Crippen LogP contribution in [0, 0.1) is 37.5 Å². The molecule has 1 saturated heterocycles. The van der Waals surface area contributed by atoms with Gasteiger partial charge in [0.2, 0.25) is 5.91 Å². The van der Waals surface area contributed by atoms with Crippen LogP contribution >= 0.6 is 15.9 Å². The number of benzene rings is 2. The lowest BCUT2D eigenvalue weighted by atomic mass is 9.79. The molecule has 1 amide bonds. The highest BCUT2D eigenvalue weighted by molar-refractivity contribution is 9.09. The second-order valence-electron chi connectivity index (χ2n) is 8.40. The molecule has 1 aliphatic heterocycles. The molecule has 6 heteroatoms. The molecule has 3 fully saturated rings. The van der Waals surface area contributed by atoms with Crippen molar-refractivity contribution in [3.8, 4) is 11.5 Å². The number of nitrogens with one attached hydrogen (secondary N) is 1. The van der Waals surface area contributed by atoms with Gasteiger partial charge in [-0.3, -0.25) is 9.59 Å². The molecular formula is C23H22BrNO4. The van der Waals surface area contributed by atoms with E-state index in [4.69, 9.17) is 9.47 Å². The normalized spacial score (nSPS) is 31.6. The highest BCUT2D eigenvalue weighted by atomic mass is 79.9. The zero-order valence-corrected chi connectivity index (χ0v) is 17.8. The molecule has 1 N–H and O–H groups in total. The molecule has 5 nitrogen and oxygen atoms in total. The van der Waals surface area contributed by atoms with Crippen molar-refractivity contribution in [2.75, 3.05) is 5.32 Å². The van der Waals surface area contributed by atoms with Crippen molar-refractivity contribution in [3.05, 3.63) is 53.6 Å². The van der Waals surface area contributed by atoms with Crippen molar-refractivity contribution in [3.63, 3.8) is 0 Å². The van der Waals surface area contributed by atoms with Gasteiger partial charge in [-0.05, 0) is 73.7 Å². The van der Waals surface area contributed by atoms with Gasteiger partial charge in [0.15, 0.2) is 0 Å². The van der Waals surface area contributed by atoms with E-state index in [9.17, 15) is 9.59 Å². The van der Waals surface area contributed by atoms with Gasteiger partial charge >= 0.3 is 5.97 Å². The quantitative estimate of drug-likeness (QED) is 0.540. The van der Waals surface area contributed by atoms with Gasteiger partial charge in [-0.15, -0.1) is 0 Å².